The zero-order chi connectivity index (χ0) is 11.7. The maximum atomic E-state index is 11.4. The van der Waals surface area contributed by atoms with Gasteiger partial charge in [0.1, 0.15) is 5.82 Å². The van der Waals surface area contributed by atoms with Crippen LogP contribution in [0.25, 0.3) is 11.4 Å². The van der Waals surface area contributed by atoms with Crippen molar-refractivity contribution in [3.63, 3.8) is 0 Å². The van der Waals surface area contributed by atoms with E-state index in [0.717, 1.165) is 4.47 Å². The molecule has 2 aromatic heterocycles. The van der Waals surface area contributed by atoms with Gasteiger partial charge in [-0.1, -0.05) is 0 Å². The molecule has 0 amide bonds. The molecule has 2 N–H and O–H groups in total. The molecule has 0 radical (unpaired) electrons. The summed E-state index contributed by atoms with van der Waals surface area (Å²) in [7, 11) is 0. The Kier molecular flexibility index (Phi) is 2.74. The number of H-pyrrole nitrogens is 1. The zero-order valence-electron chi connectivity index (χ0n) is 8.36. The van der Waals surface area contributed by atoms with Crippen molar-refractivity contribution in [3.05, 3.63) is 38.9 Å². The lowest BCUT2D eigenvalue weighted by Gasteiger charge is -2.02. The molecule has 5 nitrogen and oxygen atoms in total. The van der Waals surface area contributed by atoms with E-state index in [1.807, 2.05) is 0 Å². The van der Waals surface area contributed by atoms with E-state index in [0.29, 0.717) is 11.4 Å². The van der Waals surface area contributed by atoms with E-state index in [-0.39, 0.29) is 17.0 Å². The SMILES string of the molecule is Cc1c(O)nc(-c2cncc(Br)c2)[nH]c1=O. The highest BCUT2D eigenvalue weighted by Crippen LogP contribution is 2.19. The Morgan fingerprint density at radius 3 is 2.81 bits per heavy atom. The van der Waals surface area contributed by atoms with Gasteiger partial charge in [0.25, 0.3) is 5.56 Å². The lowest BCUT2D eigenvalue weighted by molar-refractivity contribution is 0.447. The summed E-state index contributed by atoms with van der Waals surface area (Å²) in [6.45, 7) is 1.50. The zero-order valence-corrected chi connectivity index (χ0v) is 9.95. The molecule has 0 aliphatic rings. The molecule has 2 heterocycles. The number of pyridine rings is 1. The van der Waals surface area contributed by atoms with Crippen LogP contribution in [0, 0.1) is 6.92 Å². The van der Waals surface area contributed by atoms with Crippen LogP contribution in [0.2, 0.25) is 0 Å². The van der Waals surface area contributed by atoms with Gasteiger partial charge in [-0.25, -0.2) is 0 Å². The van der Waals surface area contributed by atoms with Gasteiger partial charge < -0.3 is 10.1 Å². The quantitative estimate of drug-likeness (QED) is 0.832. The Morgan fingerprint density at radius 2 is 2.19 bits per heavy atom. The molecule has 0 fully saturated rings. The summed E-state index contributed by atoms with van der Waals surface area (Å²) in [6, 6.07) is 1.75. The lowest BCUT2D eigenvalue weighted by atomic mass is 10.2. The normalized spacial score (nSPS) is 10.4. The monoisotopic (exact) mass is 281 g/mol. The van der Waals surface area contributed by atoms with Gasteiger partial charge in [-0.15, -0.1) is 0 Å². The summed E-state index contributed by atoms with van der Waals surface area (Å²) in [6.07, 6.45) is 3.17. The minimum atomic E-state index is -0.359. The number of aromatic nitrogens is 3. The molecule has 0 aliphatic carbocycles. The number of hydrogen-bond acceptors (Lipinski definition) is 4. The Bertz CT molecular complexity index is 595. The highest BCUT2D eigenvalue weighted by molar-refractivity contribution is 9.10. The van der Waals surface area contributed by atoms with Crippen molar-refractivity contribution in [2.24, 2.45) is 0 Å². The number of nitrogens with zero attached hydrogens (tertiary/aromatic N) is 2. The molecule has 16 heavy (non-hydrogen) atoms. The fourth-order valence-corrected chi connectivity index (χ4v) is 1.56. The minimum Gasteiger partial charge on any atom is -0.493 e. The maximum Gasteiger partial charge on any atom is 0.257 e. The first-order valence-electron chi connectivity index (χ1n) is 4.49. The molecule has 0 unspecified atom stereocenters. The number of rotatable bonds is 1. The van der Waals surface area contributed by atoms with Crippen molar-refractivity contribution < 1.29 is 5.11 Å². The molecule has 0 saturated heterocycles. The molecule has 0 atom stereocenters. The highest BCUT2D eigenvalue weighted by Gasteiger charge is 2.08. The lowest BCUT2D eigenvalue weighted by Crippen LogP contribution is -2.12. The summed E-state index contributed by atoms with van der Waals surface area (Å²) in [5.41, 5.74) is 0.468. The Balaban J connectivity index is 2.61. The Hall–Kier alpha value is -1.69. The van der Waals surface area contributed by atoms with E-state index in [2.05, 4.69) is 30.9 Å². The van der Waals surface area contributed by atoms with Crippen LogP contribution >= 0.6 is 15.9 Å². The molecule has 0 aliphatic heterocycles. The number of halogens is 1. The molecule has 2 rings (SSSR count). The molecular weight excluding hydrogens is 274 g/mol. The van der Waals surface area contributed by atoms with Gasteiger partial charge in [0.05, 0.1) is 5.56 Å². The van der Waals surface area contributed by atoms with Gasteiger partial charge in [0.15, 0.2) is 0 Å². The van der Waals surface area contributed by atoms with Gasteiger partial charge in [0.2, 0.25) is 5.88 Å². The van der Waals surface area contributed by atoms with Crippen LogP contribution < -0.4 is 5.56 Å². The molecule has 6 heteroatoms. The van der Waals surface area contributed by atoms with Crippen LogP contribution in [0.15, 0.2) is 27.7 Å². The predicted molar refractivity (Wildman–Crippen MR) is 62.2 cm³/mol. The predicted octanol–water partition coefficient (Wildman–Crippen LogP) is 1.61. The Labute approximate surface area is 99.3 Å². The minimum absolute atomic E-state index is 0.201. The fourth-order valence-electron chi connectivity index (χ4n) is 1.20. The molecule has 0 aromatic carbocycles. The van der Waals surface area contributed by atoms with Crippen molar-refractivity contribution >= 4 is 15.9 Å². The second-order valence-corrected chi connectivity index (χ2v) is 4.17. The highest BCUT2D eigenvalue weighted by atomic mass is 79.9. The largest absolute Gasteiger partial charge is 0.493 e. The van der Waals surface area contributed by atoms with Crippen LogP contribution in [0.1, 0.15) is 5.56 Å². The van der Waals surface area contributed by atoms with Crippen LogP contribution in [0.3, 0.4) is 0 Å². The fraction of sp³-hybridized carbons (Fsp3) is 0.100. The topological polar surface area (TPSA) is 78.9 Å². The first-order chi connectivity index (χ1) is 7.58. The van der Waals surface area contributed by atoms with E-state index in [9.17, 15) is 9.90 Å². The van der Waals surface area contributed by atoms with Crippen molar-refractivity contribution in [2.75, 3.05) is 0 Å². The van der Waals surface area contributed by atoms with E-state index in [1.165, 1.54) is 6.92 Å². The standard InChI is InChI=1S/C10H8BrN3O2/c1-5-9(15)13-8(14-10(5)16)6-2-7(11)4-12-3-6/h2-4H,1H3,(H2,13,14,15,16). The third kappa shape index (κ3) is 1.96. The second kappa shape index (κ2) is 4.05. The van der Waals surface area contributed by atoms with Crippen LogP contribution in [0.5, 0.6) is 5.88 Å². The van der Waals surface area contributed by atoms with Crippen LogP contribution in [-0.4, -0.2) is 20.1 Å². The van der Waals surface area contributed by atoms with E-state index in [1.54, 1.807) is 18.5 Å². The average Bonchev–Trinajstić information content (AvgIpc) is 2.25. The second-order valence-electron chi connectivity index (χ2n) is 3.25. The summed E-state index contributed by atoms with van der Waals surface area (Å²) in [5, 5.41) is 9.45. The molecular formula is C10H8BrN3O2. The molecule has 0 bridgehead atoms. The molecule has 2 aromatic rings. The molecule has 0 spiro atoms. The van der Waals surface area contributed by atoms with Crippen molar-refractivity contribution in [1.29, 1.82) is 0 Å². The summed E-state index contributed by atoms with van der Waals surface area (Å²) >= 11 is 3.27. The molecule has 82 valence electrons. The first-order valence-corrected chi connectivity index (χ1v) is 5.28. The average molecular weight is 282 g/mol. The number of nitrogens with one attached hydrogen (secondary N) is 1. The summed E-state index contributed by atoms with van der Waals surface area (Å²) in [4.78, 5) is 21.8. The van der Waals surface area contributed by atoms with Crippen molar-refractivity contribution in [2.45, 2.75) is 6.92 Å². The van der Waals surface area contributed by atoms with Gasteiger partial charge >= 0.3 is 0 Å². The number of hydrogen-bond donors (Lipinski definition) is 2. The van der Waals surface area contributed by atoms with Crippen molar-refractivity contribution in [3.8, 4) is 17.3 Å². The van der Waals surface area contributed by atoms with Gasteiger partial charge in [0, 0.05) is 22.4 Å². The third-order valence-corrected chi connectivity index (χ3v) is 2.54. The first kappa shape index (κ1) is 10.8. The van der Waals surface area contributed by atoms with Crippen molar-refractivity contribution in [1.82, 2.24) is 15.0 Å². The van der Waals surface area contributed by atoms with E-state index >= 15 is 0 Å². The van der Waals surface area contributed by atoms with Gasteiger partial charge in [-0.2, -0.15) is 4.98 Å². The summed E-state index contributed by atoms with van der Waals surface area (Å²) in [5.74, 6) is 0.0284. The van der Waals surface area contributed by atoms with Crippen LogP contribution in [-0.2, 0) is 0 Å². The maximum absolute atomic E-state index is 11.4. The third-order valence-electron chi connectivity index (χ3n) is 2.10. The Morgan fingerprint density at radius 1 is 1.44 bits per heavy atom. The van der Waals surface area contributed by atoms with Gasteiger partial charge in [-0.05, 0) is 28.9 Å². The smallest absolute Gasteiger partial charge is 0.257 e. The van der Waals surface area contributed by atoms with Gasteiger partial charge in [-0.3, -0.25) is 9.78 Å². The van der Waals surface area contributed by atoms with E-state index in [4.69, 9.17) is 0 Å². The summed E-state index contributed by atoms with van der Waals surface area (Å²) < 4.78 is 0.771. The van der Waals surface area contributed by atoms with E-state index < -0.39 is 0 Å². The number of aromatic hydroxyl groups is 1. The molecule has 0 saturated carbocycles. The number of aromatic amines is 1. The van der Waals surface area contributed by atoms with Crippen LogP contribution in [0.4, 0.5) is 0 Å².